The molecule has 0 aliphatic rings. The first kappa shape index (κ1) is 19.9. The summed E-state index contributed by atoms with van der Waals surface area (Å²) in [7, 11) is 1.52. The SMILES string of the molecule is Cn1c(=O)c(C(=O)C=Cc2cc3ccccc3n(CC#N)c2=O)c(O)c2ccccc21. The fourth-order valence-corrected chi connectivity index (χ4v) is 3.65. The molecule has 0 aliphatic carbocycles. The third kappa shape index (κ3) is 3.30. The van der Waals surface area contributed by atoms with E-state index < -0.39 is 22.7 Å². The van der Waals surface area contributed by atoms with E-state index in [-0.39, 0.29) is 17.7 Å². The molecular weight excluding hydrogens is 394 g/mol. The molecule has 0 fully saturated rings. The number of nitrogens with zero attached hydrogens (tertiary/aromatic N) is 3. The van der Waals surface area contributed by atoms with Crippen molar-refractivity contribution in [3.63, 3.8) is 0 Å². The van der Waals surface area contributed by atoms with E-state index in [0.717, 1.165) is 11.5 Å². The Morgan fingerprint density at radius 1 is 1.06 bits per heavy atom. The molecule has 0 saturated carbocycles. The van der Waals surface area contributed by atoms with Gasteiger partial charge in [-0.1, -0.05) is 30.3 Å². The maximum atomic E-state index is 12.8. The molecular formula is C24H17N3O4. The van der Waals surface area contributed by atoms with Crippen molar-refractivity contribution < 1.29 is 9.90 Å². The number of hydrogen-bond donors (Lipinski definition) is 1. The monoisotopic (exact) mass is 411 g/mol. The summed E-state index contributed by atoms with van der Waals surface area (Å²) in [5, 5.41) is 20.8. The predicted molar refractivity (Wildman–Crippen MR) is 118 cm³/mol. The van der Waals surface area contributed by atoms with Gasteiger partial charge in [0.2, 0.25) is 0 Å². The minimum Gasteiger partial charge on any atom is -0.506 e. The van der Waals surface area contributed by atoms with E-state index in [1.54, 1.807) is 54.6 Å². The van der Waals surface area contributed by atoms with Crippen LogP contribution in [0.4, 0.5) is 0 Å². The van der Waals surface area contributed by atoms with E-state index in [9.17, 15) is 19.5 Å². The number of carbonyl (C=O) groups excluding carboxylic acids is 1. The number of hydrogen-bond acceptors (Lipinski definition) is 5. The first-order valence-corrected chi connectivity index (χ1v) is 9.46. The summed E-state index contributed by atoms with van der Waals surface area (Å²) in [6.07, 6.45) is 2.40. The minimum atomic E-state index is -0.719. The van der Waals surface area contributed by atoms with Crippen molar-refractivity contribution in [3.8, 4) is 11.8 Å². The molecule has 0 atom stereocenters. The van der Waals surface area contributed by atoms with Crippen LogP contribution < -0.4 is 11.1 Å². The minimum absolute atomic E-state index is 0.138. The molecule has 0 bridgehead atoms. The van der Waals surface area contributed by atoms with Crippen molar-refractivity contribution in [2.45, 2.75) is 6.54 Å². The van der Waals surface area contributed by atoms with Crippen LogP contribution in [0.1, 0.15) is 15.9 Å². The highest BCUT2D eigenvalue weighted by molar-refractivity contribution is 6.11. The van der Waals surface area contributed by atoms with Crippen LogP contribution in [0.25, 0.3) is 27.9 Å². The smallest absolute Gasteiger partial charge is 0.265 e. The number of para-hydroxylation sites is 2. The van der Waals surface area contributed by atoms with Gasteiger partial charge in [-0.25, -0.2) is 0 Å². The van der Waals surface area contributed by atoms with Crippen LogP contribution in [0.15, 0.2) is 70.3 Å². The molecule has 2 aromatic heterocycles. The third-order valence-electron chi connectivity index (χ3n) is 5.20. The van der Waals surface area contributed by atoms with Crippen LogP contribution in [0, 0.1) is 11.3 Å². The van der Waals surface area contributed by atoms with Gasteiger partial charge in [0.25, 0.3) is 11.1 Å². The Balaban J connectivity index is 1.84. The number of aryl methyl sites for hydroxylation is 1. The van der Waals surface area contributed by atoms with Gasteiger partial charge in [-0.3, -0.25) is 19.0 Å². The quantitative estimate of drug-likeness (QED) is 0.411. The highest BCUT2D eigenvalue weighted by Gasteiger charge is 2.19. The van der Waals surface area contributed by atoms with Crippen molar-refractivity contribution in [2.75, 3.05) is 0 Å². The molecule has 7 nitrogen and oxygen atoms in total. The first-order chi connectivity index (χ1) is 14.9. The maximum absolute atomic E-state index is 12.8. The highest BCUT2D eigenvalue weighted by Crippen LogP contribution is 2.26. The van der Waals surface area contributed by atoms with Gasteiger partial charge >= 0.3 is 0 Å². The zero-order valence-electron chi connectivity index (χ0n) is 16.6. The summed E-state index contributed by atoms with van der Waals surface area (Å²) in [5.74, 6) is -1.11. The van der Waals surface area contributed by atoms with Gasteiger partial charge in [0.15, 0.2) is 5.78 Å². The summed E-state index contributed by atoms with van der Waals surface area (Å²) in [6, 6.07) is 17.4. The molecule has 7 heteroatoms. The van der Waals surface area contributed by atoms with Gasteiger partial charge < -0.3 is 9.67 Å². The lowest BCUT2D eigenvalue weighted by Crippen LogP contribution is -2.24. The predicted octanol–water partition coefficient (Wildman–Crippen LogP) is 2.98. The van der Waals surface area contributed by atoms with Crippen LogP contribution in [0.2, 0.25) is 0 Å². The Morgan fingerprint density at radius 3 is 2.48 bits per heavy atom. The number of nitriles is 1. The number of carbonyl (C=O) groups is 1. The van der Waals surface area contributed by atoms with E-state index in [2.05, 4.69) is 0 Å². The average molecular weight is 411 g/mol. The Labute approximate surface area is 176 Å². The van der Waals surface area contributed by atoms with Gasteiger partial charge in [-0.05, 0) is 41.8 Å². The van der Waals surface area contributed by atoms with Crippen molar-refractivity contribution in [1.29, 1.82) is 5.26 Å². The Bertz CT molecular complexity index is 1550. The van der Waals surface area contributed by atoms with Gasteiger partial charge in [0.1, 0.15) is 17.9 Å². The maximum Gasteiger partial charge on any atom is 0.265 e. The topological polar surface area (TPSA) is 105 Å². The molecule has 4 aromatic rings. The standard InChI is InChI=1S/C24H17N3O4/c1-26-19-9-5-3-7-17(19)22(29)21(24(26)31)20(28)11-10-16-14-15-6-2-4-8-18(15)27(13-12-25)23(16)30/h2-11,14,29H,13H2,1H3. The van der Waals surface area contributed by atoms with Gasteiger partial charge in [-0.2, -0.15) is 5.26 Å². The number of benzene rings is 2. The summed E-state index contributed by atoms with van der Waals surface area (Å²) in [6.45, 7) is -0.138. The molecule has 0 radical (unpaired) electrons. The van der Waals surface area contributed by atoms with Gasteiger partial charge in [0, 0.05) is 18.0 Å². The molecule has 152 valence electrons. The zero-order chi connectivity index (χ0) is 22.1. The lowest BCUT2D eigenvalue weighted by atomic mass is 10.1. The van der Waals surface area contributed by atoms with Crippen LogP contribution >= 0.6 is 0 Å². The van der Waals surface area contributed by atoms with Crippen molar-refractivity contribution >= 4 is 33.7 Å². The fraction of sp³-hybridized carbons (Fsp3) is 0.0833. The highest BCUT2D eigenvalue weighted by atomic mass is 16.3. The largest absolute Gasteiger partial charge is 0.506 e. The second-order valence-electron chi connectivity index (χ2n) is 7.01. The van der Waals surface area contributed by atoms with E-state index in [4.69, 9.17) is 5.26 Å². The molecule has 0 saturated heterocycles. The number of fused-ring (bicyclic) bond motifs is 2. The number of pyridine rings is 2. The third-order valence-corrected chi connectivity index (χ3v) is 5.20. The summed E-state index contributed by atoms with van der Waals surface area (Å²) in [5.41, 5.74) is -0.126. The molecule has 4 rings (SSSR count). The number of rotatable bonds is 4. The molecule has 31 heavy (non-hydrogen) atoms. The zero-order valence-corrected chi connectivity index (χ0v) is 16.6. The Hall–Kier alpha value is -4.44. The van der Waals surface area contributed by atoms with Crippen LogP contribution in [0.3, 0.4) is 0 Å². The molecule has 0 amide bonds. The van der Waals surface area contributed by atoms with Crippen molar-refractivity contribution in [2.24, 2.45) is 7.05 Å². The van der Waals surface area contributed by atoms with Crippen LogP contribution in [-0.4, -0.2) is 20.0 Å². The van der Waals surface area contributed by atoms with Crippen molar-refractivity contribution in [1.82, 2.24) is 9.13 Å². The first-order valence-electron chi connectivity index (χ1n) is 9.46. The fourth-order valence-electron chi connectivity index (χ4n) is 3.65. The van der Waals surface area contributed by atoms with Crippen molar-refractivity contribution in [3.05, 3.63) is 92.5 Å². The van der Waals surface area contributed by atoms with Crippen LogP contribution in [-0.2, 0) is 13.6 Å². The lowest BCUT2D eigenvalue weighted by molar-refractivity contribution is 0.104. The van der Waals surface area contributed by atoms with E-state index >= 15 is 0 Å². The summed E-state index contributed by atoms with van der Waals surface area (Å²) < 4.78 is 2.62. The summed E-state index contributed by atoms with van der Waals surface area (Å²) in [4.78, 5) is 38.3. The molecule has 1 N–H and O–H groups in total. The average Bonchev–Trinajstić information content (AvgIpc) is 2.78. The van der Waals surface area contributed by atoms with Gasteiger partial charge in [0.05, 0.1) is 17.1 Å². The summed E-state index contributed by atoms with van der Waals surface area (Å²) >= 11 is 0. The molecule has 0 spiro atoms. The number of ketones is 1. The number of allylic oxidation sites excluding steroid dienone is 1. The molecule has 0 unspecified atom stereocenters. The Morgan fingerprint density at radius 2 is 1.74 bits per heavy atom. The molecule has 2 heterocycles. The van der Waals surface area contributed by atoms with E-state index in [0.29, 0.717) is 16.4 Å². The van der Waals surface area contributed by atoms with E-state index in [1.807, 2.05) is 6.07 Å². The van der Waals surface area contributed by atoms with E-state index in [1.165, 1.54) is 22.3 Å². The van der Waals surface area contributed by atoms with Crippen LogP contribution in [0.5, 0.6) is 5.75 Å². The Kier molecular flexibility index (Phi) is 4.97. The second-order valence-corrected chi connectivity index (χ2v) is 7.01. The van der Waals surface area contributed by atoms with Gasteiger partial charge in [-0.15, -0.1) is 0 Å². The lowest BCUT2D eigenvalue weighted by Gasteiger charge is -2.10. The normalized spacial score (nSPS) is 11.2. The number of aromatic nitrogens is 2. The molecule has 2 aromatic carbocycles. The molecule has 0 aliphatic heterocycles. The number of aromatic hydroxyl groups is 1. The second kappa shape index (κ2) is 7.76.